The van der Waals surface area contributed by atoms with Gasteiger partial charge in [-0.3, -0.25) is 4.79 Å². The summed E-state index contributed by atoms with van der Waals surface area (Å²) in [6, 6.07) is 6.09. The fourth-order valence-corrected chi connectivity index (χ4v) is 1.82. The van der Waals surface area contributed by atoms with Crippen molar-refractivity contribution in [3.05, 3.63) is 34.9 Å². The molecular weight excluding hydrogens is 148 g/mol. The first-order chi connectivity index (χ1) is 5.68. The molecule has 0 radical (unpaired) electrons. The number of fused-ring (bicyclic) bond motifs is 1. The first-order valence-electron chi connectivity index (χ1n) is 4.32. The molecule has 1 aromatic rings. The Hall–Kier alpha value is -1.11. The van der Waals surface area contributed by atoms with E-state index in [1.807, 2.05) is 19.1 Å². The van der Waals surface area contributed by atoms with Crippen molar-refractivity contribution in [1.29, 1.82) is 0 Å². The fourth-order valence-electron chi connectivity index (χ4n) is 1.82. The number of hydrogen-bond acceptors (Lipinski definition) is 1. The second-order valence-electron chi connectivity index (χ2n) is 3.63. The third kappa shape index (κ3) is 0.970. The molecule has 0 unspecified atom stereocenters. The number of Topliss-reactive ketones (excluding diaryl/α,β-unsaturated/α-hetero) is 1. The van der Waals surface area contributed by atoms with Crippen molar-refractivity contribution in [2.45, 2.75) is 20.3 Å². The predicted octanol–water partition coefficient (Wildman–Crippen LogP) is 2.37. The maximum atomic E-state index is 11.5. The number of benzene rings is 1. The van der Waals surface area contributed by atoms with Crippen LogP contribution in [0, 0.1) is 12.8 Å². The molecule has 62 valence electrons. The number of rotatable bonds is 0. The average Bonchev–Trinajstić information content (AvgIpc) is 2.28. The second kappa shape index (κ2) is 2.44. The summed E-state index contributed by atoms with van der Waals surface area (Å²) in [5.74, 6) is 0.506. The lowest BCUT2D eigenvalue weighted by atomic mass is 10.1. The van der Waals surface area contributed by atoms with E-state index in [0.717, 1.165) is 12.0 Å². The van der Waals surface area contributed by atoms with Crippen LogP contribution >= 0.6 is 0 Å². The van der Waals surface area contributed by atoms with E-state index in [0.29, 0.717) is 5.78 Å². The monoisotopic (exact) mass is 160 g/mol. The van der Waals surface area contributed by atoms with E-state index in [9.17, 15) is 4.79 Å². The van der Waals surface area contributed by atoms with Crippen LogP contribution in [0.2, 0.25) is 0 Å². The van der Waals surface area contributed by atoms with Crippen molar-refractivity contribution in [2.75, 3.05) is 0 Å². The molecule has 0 aliphatic heterocycles. The van der Waals surface area contributed by atoms with Gasteiger partial charge in [0.2, 0.25) is 0 Å². The van der Waals surface area contributed by atoms with Gasteiger partial charge < -0.3 is 0 Å². The van der Waals surface area contributed by atoms with Crippen LogP contribution in [0.1, 0.15) is 28.4 Å². The van der Waals surface area contributed by atoms with Gasteiger partial charge in [-0.15, -0.1) is 0 Å². The van der Waals surface area contributed by atoms with Crippen LogP contribution in [0.25, 0.3) is 0 Å². The lowest BCUT2D eigenvalue weighted by Gasteiger charge is -1.97. The lowest BCUT2D eigenvalue weighted by Crippen LogP contribution is -2.02. The topological polar surface area (TPSA) is 17.1 Å². The number of carbonyl (C=O) groups is 1. The molecule has 1 aromatic carbocycles. The Balaban J connectivity index is 2.54. The Labute approximate surface area is 72.4 Å². The molecule has 12 heavy (non-hydrogen) atoms. The smallest absolute Gasteiger partial charge is 0.166 e. The minimum atomic E-state index is 0.196. The third-order valence-electron chi connectivity index (χ3n) is 2.50. The highest BCUT2D eigenvalue weighted by molar-refractivity contribution is 6.02. The minimum absolute atomic E-state index is 0.196. The third-order valence-corrected chi connectivity index (χ3v) is 2.50. The number of aryl methyl sites for hydroxylation is 1. The van der Waals surface area contributed by atoms with Crippen LogP contribution in [-0.2, 0) is 6.42 Å². The summed E-state index contributed by atoms with van der Waals surface area (Å²) in [5.41, 5.74) is 3.41. The van der Waals surface area contributed by atoms with Crippen LogP contribution in [0.3, 0.4) is 0 Å². The number of carbonyl (C=O) groups excluding carboxylic acids is 1. The van der Waals surface area contributed by atoms with E-state index in [4.69, 9.17) is 0 Å². The fraction of sp³-hybridized carbons (Fsp3) is 0.364. The van der Waals surface area contributed by atoms with Crippen LogP contribution < -0.4 is 0 Å². The zero-order valence-corrected chi connectivity index (χ0v) is 7.42. The predicted molar refractivity (Wildman–Crippen MR) is 48.4 cm³/mol. The maximum absolute atomic E-state index is 11.5. The van der Waals surface area contributed by atoms with Crippen LogP contribution in [0.15, 0.2) is 18.2 Å². The van der Waals surface area contributed by atoms with Gasteiger partial charge in [-0.05, 0) is 18.9 Å². The molecule has 1 atom stereocenters. The zero-order chi connectivity index (χ0) is 8.72. The van der Waals surface area contributed by atoms with Gasteiger partial charge >= 0.3 is 0 Å². The molecular formula is C11H12O. The Morgan fingerprint density at radius 2 is 2.17 bits per heavy atom. The van der Waals surface area contributed by atoms with E-state index in [2.05, 4.69) is 13.0 Å². The Morgan fingerprint density at radius 3 is 2.92 bits per heavy atom. The molecule has 1 aliphatic carbocycles. The normalized spacial score (nSPS) is 21.2. The van der Waals surface area contributed by atoms with Crippen LogP contribution in [0.4, 0.5) is 0 Å². The Bertz CT molecular complexity index is 339. The van der Waals surface area contributed by atoms with Gasteiger partial charge in [-0.25, -0.2) is 0 Å². The van der Waals surface area contributed by atoms with Crippen LogP contribution in [-0.4, -0.2) is 5.78 Å². The molecule has 1 heteroatoms. The van der Waals surface area contributed by atoms with Crippen molar-refractivity contribution in [3.63, 3.8) is 0 Å². The van der Waals surface area contributed by atoms with Gasteiger partial charge in [0.15, 0.2) is 5.78 Å². The molecule has 0 N–H and O–H groups in total. The second-order valence-corrected chi connectivity index (χ2v) is 3.63. The molecule has 0 aromatic heterocycles. The molecule has 0 amide bonds. The van der Waals surface area contributed by atoms with Crippen molar-refractivity contribution in [2.24, 2.45) is 5.92 Å². The molecule has 0 heterocycles. The number of hydrogen-bond donors (Lipinski definition) is 0. The maximum Gasteiger partial charge on any atom is 0.166 e. The molecule has 1 aliphatic rings. The van der Waals surface area contributed by atoms with E-state index < -0.39 is 0 Å². The lowest BCUT2D eigenvalue weighted by molar-refractivity contribution is 0.0946. The molecule has 0 bridgehead atoms. The first kappa shape index (κ1) is 7.53. The summed E-state index contributed by atoms with van der Waals surface area (Å²) in [7, 11) is 0. The van der Waals surface area contributed by atoms with Gasteiger partial charge in [0, 0.05) is 11.5 Å². The van der Waals surface area contributed by atoms with Crippen molar-refractivity contribution < 1.29 is 4.79 Å². The Kier molecular flexibility index (Phi) is 1.53. The number of ketones is 1. The van der Waals surface area contributed by atoms with Gasteiger partial charge in [0.1, 0.15) is 0 Å². The van der Waals surface area contributed by atoms with Gasteiger partial charge in [0.25, 0.3) is 0 Å². The zero-order valence-electron chi connectivity index (χ0n) is 7.42. The summed E-state index contributed by atoms with van der Waals surface area (Å²) < 4.78 is 0. The summed E-state index contributed by atoms with van der Waals surface area (Å²) in [4.78, 5) is 11.5. The summed E-state index contributed by atoms with van der Waals surface area (Å²) in [6.45, 7) is 4.06. The van der Waals surface area contributed by atoms with Gasteiger partial charge in [-0.2, -0.15) is 0 Å². The van der Waals surface area contributed by atoms with E-state index in [-0.39, 0.29) is 5.92 Å². The quantitative estimate of drug-likeness (QED) is 0.569. The molecule has 0 spiro atoms. The molecule has 0 fully saturated rings. The molecule has 2 rings (SSSR count). The van der Waals surface area contributed by atoms with E-state index in [1.54, 1.807) is 0 Å². The van der Waals surface area contributed by atoms with Crippen molar-refractivity contribution in [1.82, 2.24) is 0 Å². The average molecular weight is 160 g/mol. The molecule has 1 nitrogen and oxygen atoms in total. The summed E-state index contributed by atoms with van der Waals surface area (Å²) >= 11 is 0. The van der Waals surface area contributed by atoms with Crippen molar-refractivity contribution >= 4 is 5.78 Å². The molecule has 0 saturated heterocycles. The largest absolute Gasteiger partial charge is 0.294 e. The van der Waals surface area contributed by atoms with Gasteiger partial charge in [0.05, 0.1) is 0 Å². The SMILES string of the molecule is Cc1ccc2c(c1)C[C@@H](C)C2=O. The summed E-state index contributed by atoms with van der Waals surface area (Å²) in [5, 5.41) is 0. The molecule has 0 saturated carbocycles. The first-order valence-corrected chi connectivity index (χ1v) is 4.32. The minimum Gasteiger partial charge on any atom is -0.294 e. The Morgan fingerprint density at radius 1 is 1.42 bits per heavy atom. The van der Waals surface area contributed by atoms with Crippen LogP contribution in [0.5, 0.6) is 0 Å². The van der Waals surface area contributed by atoms with Gasteiger partial charge in [-0.1, -0.05) is 30.7 Å². The standard InChI is InChI=1S/C11H12O/c1-7-3-4-10-9(5-7)6-8(2)11(10)12/h3-5,8H,6H2,1-2H3/t8-/m1/s1. The highest BCUT2D eigenvalue weighted by Crippen LogP contribution is 2.26. The summed E-state index contributed by atoms with van der Waals surface area (Å²) in [6.07, 6.45) is 0.926. The van der Waals surface area contributed by atoms with E-state index in [1.165, 1.54) is 11.1 Å². The highest BCUT2D eigenvalue weighted by atomic mass is 16.1. The van der Waals surface area contributed by atoms with Crippen molar-refractivity contribution in [3.8, 4) is 0 Å². The highest BCUT2D eigenvalue weighted by Gasteiger charge is 2.26. The van der Waals surface area contributed by atoms with E-state index >= 15 is 0 Å².